The molecule has 0 spiro atoms. The normalized spacial score (nSPS) is 45.4. The van der Waals surface area contributed by atoms with Crippen molar-refractivity contribution in [1.29, 1.82) is 0 Å². The average Bonchev–Trinajstić information content (AvgIpc) is 2.92. The fraction of sp³-hybridized carbons (Fsp3) is 0.636. The number of alkyl halides is 1. The standard InChI is InChI=1S/C22H27FO3S/c1-13(24)26-18-12-20(2)16(7-8-19(20)27-4)17-6-5-14-11-15(25)9-10-21(14,3)22(17,18)23/h7-10,14,17-18H,5-6,11-12H2,1-4H3/t14?,17-,18-,20-,21-,22-/m0/s1. The first-order chi connectivity index (χ1) is 12.7. The number of ketones is 1. The fourth-order valence-electron chi connectivity index (χ4n) is 6.21. The predicted molar refractivity (Wildman–Crippen MR) is 105 cm³/mol. The van der Waals surface area contributed by atoms with Crippen LogP contribution in [0.3, 0.4) is 0 Å². The molecule has 0 amide bonds. The first-order valence-electron chi connectivity index (χ1n) is 9.72. The zero-order valence-electron chi connectivity index (χ0n) is 16.4. The first-order valence-corrected chi connectivity index (χ1v) is 10.9. The Bertz CT molecular complexity index is 799. The Kier molecular flexibility index (Phi) is 4.26. The van der Waals surface area contributed by atoms with Crippen LogP contribution in [-0.2, 0) is 14.3 Å². The highest BCUT2D eigenvalue weighted by Crippen LogP contribution is 2.68. The molecule has 4 aliphatic carbocycles. The van der Waals surface area contributed by atoms with Crippen molar-refractivity contribution < 1.29 is 18.7 Å². The summed E-state index contributed by atoms with van der Waals surface area (Å²) < 4.78 is 22.9. The number of halogens is 1. The van der Waals surface area contributed by atoms with Gasteiger partial charge >= 0.3 is 5.97 Å². The summed E-state index contributed by atoms with van der Waals surface area (Å²) in [6.07, 6.45) is 11.1. The van der Waals surface area contributed by atoms with Gasteiger partial charge in [-0.3, -0.25) is 9.59 Å². The molecule has 0 N–H and O–H groups in total. The summed E-state index contributed by atoms with van der Waals surface area (Å²) in [7, 11) is 0. The van der Waals surface area contributed by atoms with E-state index in [1.807, 2.05) is 13.2 Å². The van der Waals surface area contributed by atoms with E-state index < -0.39 is 23.2 Å². The molecule has 0 radical (unpaired) electrons. The maximum Gasteiger partial charge on any atom is 0.303 e. The Morgan fingerprint density at radius 3 is 2.70 bits per heavy atom. The quantitative estimate of drug-likeness (QED) is 0.636. The summed E-state index contributed by atoms with van der Waals surface area (Å²) in [4.78, 5) is 25.1. The second-order valence-electron chi connectivity index (χ2n) is 8.87. The van der Waals surface area contributed by atoms with Crippen LogP contribution in [0, 0.1) is 22.7 Å². The number of thioether (sulfide) groups is 1. The van der Waals surface area contributed by atoms with Gasteiger partial charge in [-0.05, 0) is 36.0 Å². The molecular formula is C22H27FO3S. The predicted octanol–water partition coefficient (Wildman–Crippen LogP) is 4.78. The summed E-state index contributed by atoms with van der Waals surface area (Å²) in [5.41, 5.74) is -1.67. The zero-order chi connectivity index (χ0) is 19.6. The van der Waals surface area contributed by atoms with Crippen molar-refractivity contribution >= 4 is 23.5 Å². The third kappa shape index (κ3) is 2.39. The van der Waals surface area contributed by atoms with E-state index in [2.05, 4.69) is 19.1 Å². The fourth-order valence-corrected chi connectivity index (χ4v) is 7.06. The van der Waals surface area contributed by atoms with Crippen LogP contribution in [0.15, 0.2) is 34.8 Å². The smallest absolute Gasteiger partial charge is 0.303 e. The van der Waals surface area contributed by atoms with Gasteiger partial charge in [-0.2, -0.15) is 0 Å². The molecule has 0 aromatic heterocycles. The van der Waals surface area contributed by atoms with Gasteiger partial charge in [-0.25, -0.2) is 4.39 Å². The number of carbonyl (C=O) groups excluding carboxylic acids is 2. The molecule has 0 saturated heterocycles. The van der Waals surface area contributed by atoms with Crippen molar-refractivity contribution in [3.8, 4) is 0 Å². The number of hydrogen-bond acceptors (Lipinski definition) is 4. The molecule has 4 rings (SSSR count). The molecule has 0 aromatic rings. The highest BCUT2D eigenvalue weighted by Gasteiger charge is 2.70. The molecule has 2 fully saturated rings. The van der Waals surface area contributed by atoms with Gasteiger partial charge in [0.25, 0.3) is 0 Å². The molecular weight excluding hydrogens is 363 g/mol. The summed E-state index contributed by atoms with van der Waals surface area (Å²) in [5, 5.41) is 0. The Balaban J connectivity index is 1.86. The van der Waals surface area contributed by atoms with Crippen molar-refractivity contribution in [2.24, 2.45) is 22.7 Å². The van der Waals surface area contributed by atoms with Gasteiger partial charge < -0.3 is 4.74 Å². The Labute approximate surface area is 164 Å². The van der Waals surface area contributed by atoms with E-state index in [1.54, 1.807) is 17.8 Å². The van der Waals surface area contributed by atoms with Crippen LogP contribution in [0.5, 0.6) is 0 Å². The van der Waals surface area contributed by atoms with Gasteiger partial charge in [0, 0.05) is 36.5 Å². The van der Waals surface area contributed by atoms with E-state index in [1.165, 1.54) is 17.9 Å². The third-order valence-electron chi connectivity index (χ3n) is 7.61. The maximum atomic E-state index is 17.2. The van der Waals surface area contributed by atoms with Crippen molar-refractivity contribution in [3.63, 3.8) is 0 Å². The van der Waals surface area contributed by atoms with Crippen molar-refractivity contribution in [1.82, 2.24) is 0 Å². The summed E-state index contributed by atoms with van der Waals surface area (Å²) in [6.45, 7) is 5.43. The molecule has 0 aliphatic heterocycles. The van der Waals surface area contributed by atoms with Gasteiger partial charge in [0.2, 0.25) is 0 Å². The number of allylic oxidation sites excluding steroid dienone is 6. The average molecular weight is 391 g/mol. The first kappa shape index (κ1) is 19.0. The summed E-state index contributed by atoms with van der Waals surface area (Å²) in [6, 6.07) is 0. The Morgan fingerprint density at radius 2 is 2.04 bits per heavy atom. The number of esters is 1. The number of hydrogen-bond donors (Lipinski definition) is 0. The van der Waals surface area contributed by atoms with Crippen molar-refractivity contribution in [2.45, 2.75) is 58.2 Å². The van der Waals surface area contributed by atoms with Gasteiger partial charge in [-0.1, -0.05) is 37.6 Å². The minimum atomic E-state index is -1.70. The molecule has 0 heterocycles. The number of fused-ring (bicyclic) bond motifs is 5. The van der Waals surface area contributed by atoms with Crippen LogP contribution >= 0.6 is 11.8 Å². The van der Waals surface area contributed by atoms with Gasteiger partial charge in [-0.15, -0.1) is 11.8 Å². The molecule has 5 heteroatoms. The lowest BCUT2D eigenvalue weighted by Crippen LogP contribution is -2.67. The molecule has 4 aliphatic rings. The highest BCUT2D eigenvalue weighted by molar-refractivity contribution is 8.02. The Hall–Kier alpha value is -1.36. The second-order valence-corrected chi connectivity index (χ2v) is 9.72. The lowest BCUT2D eigenvalue weighted by molar-refractivity contribution is -0.200. The zero-order valence-corrected chi connectivity index (χ0v) is 17.2. The largest absolute Gasteiger partial charge is 0.459 e. The molecule has 0 bridgehead atoms. The topological polar surface area (TPSA) is 43.4 Å². The second kappa shape index (κ2) is 6.07. The van der Waals surface area contributed by atoms with Crippen LogP contribution in [0.1, 0.15) is 46.5 Å². The van der Waals surface area contributed by atoms with E-state index in [0.29, 0.717) is 19.3 Å². The minimum Gasteiger partial charge on any atom is -0.459 e. The molecule has 146 valence electrons. The molecule has 6 atom stereocenters. The van der Waals surface area contributed by atoms with E-state index in [9.17, 15) is 9.59 Å². The number of carbonyl (C=O) groups is 2. The van der Waals surface area contributed by atoms with Crippen LogP contribution in [0.2, 0.25) is 0 Å². The lowest BCUT2D eigenvalue weighted by Gasteiger charge is -2.62. The molecule has 2 saturated carbocycles. The van der Waals surface area contributed by atoms with Crippen LogP contribution in [0.25, 0.3) is 0 Å². The van der Waals surface area contributed by atoms with Crippen molar-refractivity contribution in [2.75, 3.05) is 6.26 Å². The molecule has 27 heavy (non-hydrogen) atoms. The van der Waals surface area contributed by atoms with Gasteiger partial charge in [0.15, 0.2) is 11.5 Å². The molecule has 0 aromatic carbocycles. The van der Waals surface area contributed by atoms with Gasteiger partial charge in [0.05, 0.1) is 0 Å². The summed E-state index contributed by atoms with van der Waals surface area (Å²) in [5.74, 6) is -0.731. The number of rotatable bonds is 2. The van der Waals surface area contributed by atoms with Crippen LogP contribution < -0.4 is 0 Å². The van der Waals surface area contributed by atoms with Crippen LogP contribution in [-0.4, -0.2) is 29.8 Å². The lowest BCUT2D eigenvalue weighted by atomic mass is 9.45. The third-order valence-corrected chi connectivity index (χ3v) is 8.64. The van der Waals surface area contributed by atoms with E-state index in [-0.39, 0.29) is 23.0 Å². The Morgan fingerprint density at radius 1 is 1.30 bits per heavy atom. The van der Waals surface area contributed by atoms with E-state index >= 15 is 4.39 Å². The molecule has 3 nitrogen and oxygen atoms in total. The number of ether oxygens (including phenoxy) is 1. The van der Waals surface area contributed by atoms with Gasteiger partial charge in [0.1, 0.15) is 6.10 Å². The minimum absolute atomic E-state index is 0.0475. The van der Waals surface area contributed by atoms with Crippen molar-refractivity contribution in [3.05, 3.63) is 34.8 Å². The molecule has 1 unspecified atom stereocenters. The monoisotopic (exact) mass is 390 g/mol. The summed E-state index contributed by atoms with van der Waals surface area (Å²) >= 11 is 1.69. The maximum absolute atomic E-state index is 17.2. The SMILES string of the molecule is CSC1=CC=C2[C@@H]3CCC4CC(=O)C=C[C@]4(C)[C@@]3(F)[C@@H](OC(C)=O)C[C@]12C. The highest BCUT2D eigenvalue weighted by atomic mass is 32.2. The van der Waals surface area contributed by atoms with Crippen LogP contribution in [0.4, 0.5) is 4.39 Å². The van der Waals surface area contributed by atoms with E-state index in [0.717, 1.165) is 12.0 Å². The van der Waals surface area contributed by atoms with E-state index in [4.69, 9.17) is 4.74 Å².